The summed E-state index contributed by atoms with van der Waals surface area (Å²) in [5.74, 6) is 0.767. The van der Waals surface area contributed by atoms with Crippen LogP contribution in [0.2, 0.25) is 0 Å². The molecule has 0 unspecified atom stereocenters. The first-order valence-corrected chi connectivity index (χ1v) is 7.51. The summed E-state index contributed by atoms with van der Waals surface area (Å²) in [7, 11) is 1.30. The van der Waals surface area contributed by atoms with Crippen molar-refractivity contribution in [3.63, 3.8) is 0 Å². The number of nitrogens with zero attached hydrogens (tertiary/aromatic N) is 4. The Bertz CT molecular complexity index is 552. The Hall–Kier alpha value is -0.960. The van der Waals surface area contributed by atoms with E-state index in [-0.39, 0.29) is 6.04 Å². The molecular formula is C11H20N4O3S. The van der Waals surface area contributed by atoms with Crippen molar-refractivity contribution in [2.24, 2.45) is 0 Å². The van der Waals surface area contributed by atoms with Crippen LogP contribution in [0.15, 0.2) is 6.20 Å². The molecule has 1 aromatic rings. The van der Waals surface area contributed by atoms with Crippen LogP contribution in [0.1, 0.15) is 24.5 Å². The summed E-state index contributed by atoms with van der Waals surface area (Å²) in [6.07, 6.45) is 1.75. The molecular weight excluding hydrogens is 268 g/mol. The normalized spacial score (nSPS) is 20.8. The van der Waals surface area contributed by atoms with Crippen LogP contribution < -0.4 is 0 Å². The van der Waals surface area contributed by atoms with Crippen molar-refractivity contribution < 1.29 is 13.2 Å². The zero-order valence-electron chi connectivity index (χ0n) is 11.7. The minimum Gasteiger partial charge on any atom is -0.378 e. The first-order valence-electron chi connectivity index (χ1n) is 6.12. The van der Waals surface area contributed by atoms with Crippen LogP contribution in [0.4, 0.5) is 0 Å². The first kappa shape index (κ1) is 14.4. The van der Waals surface area contributed by atoms with Gasteiger partial charge in [0.2, 0.25) is 0 Å². The maximum absolute atomic E-state index is 12.2. The molecule has 2 rings (SSSR count). The van der Waals surface area contributed by atoms with Gasteiger partial charge < -0.3 is 9.30 Å². The molecule has 0 N–H and O–H groups in total. The third-order valence-corrected chi connectivity index (χ3v) is 5.38. The Labute approximate surface area is 114 Å². The smallest absolute Gasteiger partial charge is 0.282 e. The summed E-state index contributed by atoms with van der Waals surface area (Å²) in [4.78, 5) is 4.34. The molecule has 0 saturated heterocycles. The zero-order chi connectivity index (χ0) is 14.2. The maximum atomic E-state index is 12.2. The fourth-order valence-electron chi connectivity index (χ4n) is 2.33. The monoisotopic (exact) mass is 288 g/mol. The van der Waals surface area contributed by atoms with Crippen molar-refractivity contribution in [1.82, 2.24) is 18.2 Å². The zero-order valence-corrected chi connectivity index (χ0v) is 12.5. The molecule has 0 amide bonds. The number of aromatic nitrogens is 2. The van der Waals surface area contributed by atoms with Crippen molar-refractivity contribution in [2.45, 2.75) is 26.1 Å². The van der Waals surface area contributed by atoms with E-state index in [9.17, 15) is 8.42 Å². The highest BCUT2D eigenvalue weighted by molar-refractivity contribution is 7.86. The number of ether oxygens (including phenoxy) is 1. The minimum absolute atomic E-state index is 0.272. The highest BCUT2D eigenvalue weighted by Crippen LogP contribution is 2.28. The number of rotatable bonds is 4. The van der Waals surface area contributed by atoms with Crippen LogP contribution in [0.3, 0.4) is 0 Å². The van der Waals surface area contributed by atoms with Gasteiger partial charge in [0, 0.05) is 34.3 Å². The van der Waals surface area contributed by atoms with Crippen molar-refractivity contribution in [2.75, 3.05) is 27.7 Å². The van der Waals surface area contributed by atoms with Crippen molar-refractivity contribution in [3.8, 4) is 0 Å². The Morgan fingerprint density at radius 1 is 1.47 bits per heavy atom. The van der Waals surface area contributed by atoms with Gasteiger partial charge in [0.25, 0.3) is 10.2 Å². The lowest BCUT2D eigenvalue weighted by molar-refractivity contribution is 0.173. The minimum atomic E-state index is -3.41. The second-order valence-electron chi connectivity index (χ2n) is 4.77. The molecule has 7 nitrogen and oxygen atoms in total. The van der Waals surface area contributed by atoms with Gasteiger partial charge in [0.1, 0.15) is 5.82 Å². The summed E-state index contributed by atoms with van der Waals surface area (Å²) < 4.78 is 34.3. The Morgan fingerprint density at radius 2 is 2.16 bits per heavy atom. The molecule has 0 radical (unpaired) electrons. The molecule has 19 heavy (non-hydrogen) atoms. The van der Waals surface area contributed by atoms with E-state index in [1.54, 1.807) is 27.4 Å². The molecule has 108 valence electrons. The highest BCUT2D eigenvalue weighted by atomic mass is 32.2. The predicted octanol–water partition coefficient (Wildman–Crippen LogP) is 0.213. The van der Waals surface area contributed by atoms with Gasteiger partial charge in [-0.3, -0.25) is 0 Å². The Morgan fingerprint density at radius 3 is 2.74 bits per heavy atom. The number of methoxy groups -OCH3 is 1. The molecule has 2 heterocycles. The number of imidazole rings is 1. The van der Waals surface area contributed by atoms with E-state index in [0.29, 0.717) is 19.7 Å². The van der Waals surface area contributed by atoms with E-state index in [4.69, 9.17) is 4.74 Å². The molecule has 0 spiro atoms. The SMILES string of the molecule is COCc1cnc2n1CCN(S(=O)(=O)N(C)C)[C@@H]2C. The molecule has 1 aromatic heterocycles. The molecule has 0 fully saturated rings. The molecule has 0 aliphatic carbocycles. The van der Waals surface area contributed by atoms with Gasteiger partial charge in [-0.2, -0.15) is 17.0 Å². The quantitative estimate of drug-likeness (QED) is 0.794. The third kappa shape index (κ3) is 2.40. The van der Waals surface area contributed by atoms with Gasteiger partial charge in [-0.15, -0.1) is 0 Å². The number of hydrogen-bond acceptors (Lipinski definition) is 4. The summed E-state index contributed by atoms with van der Waals surface area (Å²) in [5, 5.41) is 0. The van der Waals surface area contributed by atoms with Crippen LogP contribution in [0.5, 0.6) is 0 Å². The molecule has 0 bridgehead atoms. The standard InChI is InChI=1S/C11H20N4O3S/c1-9-11-12-7-10(8-18-4)14(11)5-6-15(9)19(16,17)13(2)3/h7,9H,5-6,8H2,1-4H3/t9-/m1/s1. The Kier molecular flexibility index (Phi) is 3.95. The van der Waals surface area contributed by atoms with E-state index in [2.05, 4.69) is 4.98 Å². The lowest BCUT2D eigenvalue weighted by atomic mass is 10.2. The van der Waals surface area contributed by atoms with Crippen molar-refractivity contribution >= 4 is 10.2 Å². The lowest BCUT2D eigenvalue weighted by Gasteiger charge is -2.34. The van der Waals surface area contributed by atoms with Crippen molar-refractivity contribution in [1.29, 1.82) is 0 Å². The van der Waals surface area contributed by atoms with Gasteiger partial charge >= 0.3 is 0 Å². The first-order chi connectivity index (χ1) is 8.89. The van der Waals surface area contributed by atoms with E-state index in [0.717, 1.165) is 11.5 Å². The van der Waals surface area contributed by atoms with Crippen LogP contribution in [-0.4, -0.2) is 54.3 Å². The average molecular weight is 288 g/mol. The van der Waals surface area contributed by atoms with Crippen LogP contribution in [0, 0.1) is 0 Å². The van der Waals surface area contributed by atoms with Gasteiger partial charge in [0.05, 0.1) is 24.5 Å². The van der Waals surface area contributed by atoms with Gasteiger partial charge in [-0.1, -0.05) is 0 Å². The molecule has 1 atom stereocenters. The van der Waals surface area contributed by atoms with E-state index < -0.39 is 10.2 Å². The summed E-state index contributed by atoms with van der Waals surface area (Å²) in [6, 6.07) is -0.272. The second-order valence-corrected chi connectivity index (χ2v) is 6.86. The van der Waals surface area contributed by atoms with E-state index in [1.807, 2.05) is 11.5 Å². The molecule has 0 aromatic carbocycles. The summed E-state index contributed by atoms with van der Waals surface area (Å²) in [5.41, 5.74) is 0.978. The largest absolute Gasteiger partial charge is 0.378 e. The van der Waals surface area contributed by atoms with E-state index >= 15 is 0 Å². The second kappa shape index (κ2) is 5.20. The number of hydrogen-bond donors (Lipinski definition) is 0. The van der Waals surface area contributed by atoms with Crippen LogP contribution in [-0.2, 0) is 28.1 Å². The predicted molar refractivity (Wildman–Crippen MR) is 70.7 cm³/mol. The van der Waals surface area contributed by atoms with Crippen molar-refractivity contribution in [3.05, 3.63) is 17.7 Å². The highest BCUT2D eigenvalue weighted by Gasteiger charge is 2.35. The fourth-order valence-corrected chi connectivity index (χ4v) is 3.55. The van der Waals surface area contributed by atoms with Crippen LogP contribution >= 0.6 is 0 Å². The maximum Gasteiger partial charge on any atom is 0.282 e. The molecule has 1 aliphatic heterocycles. The van der Waals surface area contributed by atoms with Gasteiger partial charge in [-0.25, -0.2) is 4.98 Å². The molecule has 1 aliphatic rings. The van der Waals surface area contributed by atoms with Gasteiger partial charge in [0.15, 0.2) is 0 Å². The van der Waals surface area contributed by atoms with E-state index in [1.165, 1.54) is 8.61 Å². The third-order valence-electron chi connectivity index (χ3n) is 3.37. The Balaban J connectivity index is 2.33. The molecule has 0 saturated carbocycles. The number of fused-ring (bicyclic) bond motifs is 1. The summed E-state index contributed by atoms with van der Waals surface area (Å²) in [6.45, 7) is 3.39. The average Bonchev–Trinajstić information content (AvgIpc) is 2.74. The topological polar surface area (TPSA) is 67.7 Å². The summed E-state index contributed by atoms with van der Waals surface area (Å²) >= 11 is 0. The van der Waals surface area contributed by atoms with Gasteiger partial charge in [-0.05, 0) is 6.92 Å². The van der Waals surface area contributed by atoms with Crippen LogP contribution in [0.25, 0.3) is 0 Å². The fraction of sp³-hybridized carbons (Fsp3) is 0.727. The lowest BCUT2D eigenvalue weighted by Crippen LogP contribution is -2.46. The molecule has 8 heteroatoms.